The Hall–Kier alpha value is -1.00. The van der Waals surface area contributed by atoms with Gasteiger partial charge in [0.05, 0.1) is 11.8 Å². The van der Waals surface area contributed by atoms with Crippen LogP contribution in [-0.4, -0.2) is 47.9 Å². The van der Waals surface area contributed by atoms with Crippen LogP contribution in [0.2, 0.25) is 5.22 Å². The van der Waals surface area contributed by atoms with Crippen LogP contribution in [0.1, 0.15) is 36.0 Å². The summed E-state index contributed by atoms with van der Waals surface area (Å²) in [6.45, 7) is 4.10. The number of likely N-dealkylation sites (tertiary alicyclic amines) is 2. The highest BCUT2D eigenvalue weighted by Crippen LogP contribution is 2.24. The molecule has 2 aliphatic heterocycles. The molecule has 4 nitrogen and oxygen atoms in total. The Labute approximate surface area is 118 Å². The van der Waals surface area contributed by atoms with E-state index in [2.05, 4.69) is 4.90 Å². The fourth-order valence-corrected chi connectivity index (χ4v) is 3.35. The van der Waals surface area contributed by atoms with Crippen LogP contribution in [-0.2, 0) is 0 Å². The zero-order chi connectivity index (χ0) is 13.2. The number of hydrogen-bond acceptors (Lipinski definition) is 3. The summed E-state index contributed by atoms with van der Waals surface area (Å²) < 4.78 is 4.99. The lowest BCUT2D eigenvalue weighted by molar-refractivity contribution is 0.0644. The summed E-state index contributed by atoms with van der Waals surface area (Å²) in [7, 11) is 0. The van der Waals surface area contributed by atoms with Crippen molar-refractivity contribution in [2.24, 2.45) is 0 Å². The van der Waals surface area contributed by atoms with Gasteiger partial charge in [0.2, 0.25) is 5.22 Å². The van der Waals surface area contributed by atoms with Crippen molar-refractivity contribution in [3.05, 3.63) is 23.1 Å². The van der Waals surface area contributed by atoms with Crippen molar-refractivity contribution in [1.82, 2.24) is 9.80 Å². The van der Waals surface area contributed by atoms with Crippen molar-refractivity contribution >= 4 is 17.5 Å². The van der Waals surface area contributed by atoms with Crippen LogP contribution in [0.25, 0.3) is 0 Å². The minimum atomic E-state index is -0.00128. The zero-order valence-electron chi connectivity index (χ0n) is 11.0. The molecule has 0 radical (unpaired) electrons. The third-order valence-electron chi connectivity index (χ3n) is 4.26. The molecule has 0 aromatic carbocycles. The molecule has 0 atom stereocenters. The molecule has 2 aliphatic rings. The molecule has 0 spiro atoms. The molecule has 0 saturated carbocycles. The highest BCUT2D eigenvalue weighted by atomic mass is 35.5. The molecular formula is C14H19ClN2O2. The number of furan rings is 1. The molecule has 0 unspecified atom stereocenters. The van der Waals surface area contributed by atoms with Crippen LogP contribution in [0.5, 0.6) is 0 Å². The van der Waals surface area contributed by atoms with Crippen LogP contribution in [0.15, 0.2) is 16.7 Å². The number of rotatable bonds is 2. The standard InChI is InChI=1S/C14H19ClN2O2/c15-13-12(5-10-19-13)14(18)17-8-3-11(4-9-17)16-6-1-2-7-16/h5,10-11H,1-4,6-9H2. The van der Waals surface area contributed by atoms with Gasteiger partial charge in [-0.05, 0) is 56.4 Å². The Morgan fingerprint density at radius 2 is 1.89 bits per heavy atom. The number of carbonyl (C=O) groups excluding carboxylic acids is 1. The van der Waals surface area contributed by atoms with E-state index in [1.54, 1.807) is 6.07 Å². The smallest absolute Gasteiger partial charge is 0.258 e. The SMILES string of the molecule is O=C(c1ccoc1Cl)N1CCC(N2CCCC2)CC1. The topological polar surface area (TPSA) is 36.7 Å². The molecule has 5 heteroatoms. The maximum absolute atomic E-state index is 12.3. The van der Waals surface area contributed by atoms with Gasteiger partial charge in [0, 0.05) is 19.1 Å². The Balaban J connectivity index is 1.58. The van der Waals surface area contributed by atoms with Crippen molar-refractivity contribution < 1.29 is 9.21 Å². The molecule has 0 aliphatic carbocycles. The number of amides is 1. The van der Waals surface area contributed by atoms with Gasteiger partial charge in [-0.3, -0.25) is 4.79 Å². The Morgan fingerprint density at radius 1 is 1.21 bits per heavy atom. The Bertz CT molecular complexity index is 446. The summed E-state index contributed by atoms with van der Waals surface area (Å²) >= 11 is 5.86. The largest absolute Gasteiger partial charge is 0.452 e. The fraction of sp³-hybridized carbons (Fsp3) is 0.643. The first kappa shape index (κ1) is 13.0. The zero-order valence-corrected chi connectivity index (χ0v) is 11.7. The van der Waals surface area contributed by atoms with E-state index >= 15 is 0 Å². The van der Waals surface area contributed by atoms with Crippen molar-refractivity contribution in [3.63, 3.8) is 0 Å². The van der Waals surface area contributed by atoms with Crippen LogP contribution >= 0.6 is 11.6 Å². The summed E-state index contributed by atoms with van der Waals surface area (Å²) in [4.78, 5) is 16.7. The minimum Gasteiger partial charge on any atom is -0.452 e. The predicted molar refractivity (Wildman–Crippen MR) is 73.5 cm³/mol. The number of nitrogens with zero attached hydrogens (tertiary/aromatic N) is 2. The van der Waals surface area contributed by atoms with Gasteiger partial charge >= 0.3 is 0 Å². The second-order valence-corrected chi connectivity index (χ2v) is 5.72. The number of piperidine rings is 1. The third kappa shape index (κ3) is 2.65. The van der Waals surface area contributed by atoms with Gasteiger partial charge in [-0.1, -0.05) is 0 Å². The summed E-state index contributed by atoms with van der Waals surface area (Å²) in [5, 5.41) is 0.201. The van der Waals surface area contributed by atoms with Gasteiger partial charge < -0.3 is 14.2 Å². The first-order chi connectivity index (χ1) is 9.25. The van der Waals surface area contributed by atoms with Crippen molar-refractivity contribution in [2.75, 3.05) is 26.2 Å². The average Bonchev–Trinajstić information content (AvgIpc) is 3.09. The van der Waals surface area contributed by atoms with E-state index in [0.717, 1.165) is 25.9 Å². The van der Waals surface area contributed by atoms with E-state index in [4.69, 9.17) is 16.0 Å². The van der Waals surface area contributed by atoms with E-state index in [0.29, 0.717) is 11.6 Å². The predicted octanol–water partition coefficient (Wildman–Crippen LogP) is 2.63. The van der Waals surface area contributed by atoms with E-state index < -0.39 is 0 Å². The Kier molecular flexibility index (Phi) is 3.80. The number of halogens is 1. The minimum absolute atomic E-state index is 0.00128. The lowest BCUT2D eigenvalue weighted by Crippen LogP contribution is -2.45. The maximum Gasteiger partial charge on any atom is 0.258 e. The summed E-state index contributed by atoms with van der Waals surface area (Å²) in [5.41, 5.74) is 0.487. The van der Waals surface area contributed by atoms with Gasteiger partial charge in [0.15, 0.2) is 0 Å². The van der Waals surface area contributed by atoms with E-state index in [1.165, 1.54) is 32.2 Å². The molecule has 3 heterocycles. The van der Waals surface area contributed by atoms with Gasteiger partial charge in [-0.25, -0.2) is 0 Å². The molecule has 1 aromatic rings. The summed E-state index contributed by atoms with van der Waals surface area (Å²) in [6, 6.07) is 2.31. The van der Waals surface area contributed by atoms with Crippen LogP contribution in [0.3, 0.4) is 0 Å². The Morgan fingerprint density at radius 3 is 2.47 bits per heavy atom. The van der Waals surface area contributed by atoms with Gasteiger partial charge in [-0.15, -0.1) is 0 Å². The number of carbonyl (C=O) groups is 1. The van der Waals surface area contributed by atoms with Crippen molar-refractivity contribution in [3.8, 4) is 0 Å². The molecule has 0 bridgehead atoms. The quantitative estimate of drug-likeness (QED) is 0.837. The molecule has 2 saturated heterocycles. The van der Waals surface area contributed by atoms with Crippen molar-refractivity contribution in [2.45, 2.75) is 31.7 Å². The molecule has 19 heavy (non-hydrogen) atoms. The highest BCUT2D eigenvalue weighted by molar-refractivity contribution is 6.32. The molecule has 2 fully saturated rings. The van der Waals surface area contributed by atoms with Gasteiger partial charge in [0.25, 0.3) is 5.91 Å². The van der Waals surface area contributed by atoms with Crippen LogP contribution < -0.4 is 0 Å². The summed E-state index contributed by atoms with van der Waals surface area (Å²) in [6.07, 6.45) is 6.25. The van der Waals surface area contributed by atoms with Crippen LogP contribution in [0.4, 0.5) is 0 Å². The summed E-state index contributed by atoms with van der Waals surface area (Å²) in [5.74, 6) is -0.00128. The molecule has 104 valence electrons. The lowest BCUT2D eigenvalue weighted by atomic mass is 10.0. The average molecular weight is 283 g/mol. The molecule has 1 aromatic heterocycles. The van der Waals surface area contributed by atoms with Gasteiger partial charge in [0.1, 0.15) is 0 Å². The normalized spacial score (nSPS) is 22.1. The second kappa shape index (κ2) is 5.55. The number of hydrogen-bond donors (Lipinski definition) is 0. The van der Waals surface area contributed by atoms with E-state index in [1.807, 2.05) is 4.90 Å². The monoisotopic (exact) mass is 282 g/mol. The molecule has 3 rings (SSSR count). The highest BCUT2D eigenvalue weighted by Gasteiger charge is 2.29. The molecule has 0 N–H and O–H groups in total. The van der Waals surface area contributed by atoms with Crippen molar-refractivity contribution in [1.29, 1.82) is 0 Å². The first-order valence-electron chi connectivity index (χ1n) is 7.02. The van der Waals surface area contributed by atoms with Gasteiger partial charge in [-0.2, -0.15) is 0 Å². The third-order valence-corrected chi connectivity index (χ3v) is 4.55. The van der Waals surface area contributed by atoms with E-state index in [9.17, 15) is 4.79 Å². The fourth-order valence-electron chi connectivity index (χ4n) is 3.16. The lowest BCUT2D eigenvalue weighted by Gasteiger charge is -2.36. The molecular weight excluding hydrogens is 264 g/mol. The van der Waals surface area contributed by atoms with E-state index in [-0.39, 0.29) is 11.1 Å². The molecule has 1 amide bonds. The second-order valence-electron chi connectivity index (χ2n) is 5.37. The first-order valence-corrected chi connectivity index (χ1v) is 7.40. The maximum atomic E-state index is 12.3. The van der Waals surface area contributed by atoms with Crippen LogP contribution in [0, 0.1) is 0 Å².